The molecule has 2 heterocycles. The maximum atomic E-state index is 12.6. The second-order valence-corrected chi connectivity index (χ2v) is 6.52. The third-order valence-electron chi connectivity index (χ3n) is 4.96. The van der Waals surface area contributed by atoms with Crippen molar-refractivity contribution >= 4 is 11.9 Å². The highest BCUT2D eigenvalue weighted by Gasteiger charge is 2.50. The van der Waals surface area contributed by atoms with Crippen LogP contribution in [0.2, 0.25) is 0 Å². The number of rotatable bonds is 6. The summed E-state index contributed by atoms with van der Waals surface area (Å²) in [6, 6.07) is 7.78. The van der Waals surface area contributed by atoms with E-state index in [2.05, 4.69) is 22.8 Å². The van der Waals surface area contributed by atoms with Crippen LogP contribution in [0.25, 0.3) is 0 Å². The van der Waals surface area contributed by atoms with Crippen molar-refractivity contribution in [1.29, 1.82) is 0 Å². The van der Waals surface area contributed by atoms with Crippen LogP contribution >= 0.6 is 0 Å². The summed E-state index contributed by atoms with van der Waals surface area (Å²) >= 11 is 0. The molecule has 3 rings (SSSR count). The van der Waals surface area contributed by atoms with Crippen LogP contribution < -0.4 is 15.4 Å². The standard InChI is InChI=1S/C18H25N3O3/c1-24-15-7-5-14(6-8-15)4-2-3-13-21-16(22)18(20-17(21)23)9-11-19-12-10-18/h5-8,19H,2-4,9-13H2,1H3,(H,20,23). The normalized spacial score (nSPS) is 19.6. The topological polar surface area (TPSA) is 70.7 Å². The number of benzene rings is 1. The van der Waals surface area contributed by atoms with E-state index in [1.165, 1.54) is 10.5 Å². The zero-order chi connectivity index (χ0) is 17.0. The second-order valence-electron chi connectivity index (χ2n) is 6.52. The lowest BCUT2D eigenvalue weighted by atomic mass is 9.88. The van der Waals surface area contributed by atoms with Crippen molar-refractivity contribution in [2.75, 3.05) is 26.7 Å². The largest absolute Gasteiger partial charge is 0.497 e. The number of amides is 3. The van der Waals surface area contributed by atoms with E-state index in [0.29, 0.717) is 19.4 Å². The number of unbranched alkanes of at least 4 members (excludes halogenated alkanes) is 1. The van der Waals surface area contributed by atoms with E-state index in [0.717, 1.165) is 38.1 Å². The molecule has 3 amide bonds. The number of hydrogen-bond acceptors (Lipinski definition) is 4. The molecule has 1 aromatic rings. The fraction of sp³-hybridized carbons (Fsp3) is 0.556. The van der Waals surface area contributed by atoms with Gasteiger partial charge in [-0.05, 0) is 62.9 Å². The highest BCUT2D eigenvalue weighted by molar-refractivity contribution is 6.07. The fourth-order valence-electron chi connectivity index (χ4n) is 3.46. The Labute approximate surface area is 142 Å². The minimum atomic E-state index is -0.654. The summed E-state index contributed by atoms with van der Waals surface area (Å²) in [5.41, 5.74) is 0.584. The molecule has 0 unspecified atom stereocenters. The highest BCUT2D eigenvalue weighted by Crippen LogP contribution is 2.27. The predicted molar refractivity (Wildman–Crippen MR) is 91.0 cm³/mol. The number of nitrogens with one attached hydrogen (secondary N) is 2. The van der Waals surface area contributed by atoms with E-state index in [-0.39, 0.29) is 11.9 Å². The summed E-state index contributed by atoms with van der Waals surface area (Å²) < 4.78 is 5.15. The van der Waals surface area contributed by atoms with Crippen molar-refractivity contribution in [3.05, 3.63) is 29.8 Å². The molecule has 2 N–H and O–H groups in total. The first-order valence-corrected chi connectivity index (χ1v) is 8.62. The Hall–Kier alpha value is -2.08. The van der Waals surface area contributed by atoms with Crippen molar-refractivity contribution < 1.29 is 14.3 Å². The number of methoxy groups -OCH3 is 1. The lowest BCUT2D eigenvalue weighted by Gasteiger charge is -2.31. The van der Waals surface area contributed by atoms with Gasteiger partial charge in [-0.15, -0.1) is 0 Å². The summed E-state index contributed by atoms with van der Waals surface area (Å²) in [6.07, 6.45) is 4.06. The van der Waals surface area contributed by atoms with Crippen LogP contribution in [0, 0.1) is 0 Å². The van der Waals surface area contributed by atoms with Crippen LogP contribution in [0.15, 0.2) is 24.3 Å². The molecule has 2 saturated heterocycles. The fourth-order valence-corrected chi connectivity index (χ4v) is 3.46. The first-order valence-electron chi connectivity index (χ1n) is 8.62. The molecule has 0 bridgehead atoms. The van der Waals surface area contributed by atoms with E-state index in [4.69, 9.17) is 4.74 Å². The Morgan fingerprint density at radius 1 is 1.12 bits per heavy atom. The quantitative estimate of drug-likeness (QED) is 0.615. The van der Waals surface area contributed by atoms with Crippen LogP contribution in [0.1, 0.15) is 31.2 Å². The van der Waals surface area contributed by atoms with Gasteiger partial charge in [0.15, 0.2) is 0 Å². The predicted octanol–water partition coefficient (Wildman–Crippen LogP) is 1.69. The van der Waals surface area contributed by atoms with Gasteiger partial charge >= 0.3 is 6.03 Å². The van der Waals surface area contributed by atoms with Gasteiger partial charge in [0.2, 0.25) is 0 Å². The molecule has 2 aliphatic rings. The third-order valence-corrected chi connectivity index (χ3v) is 4.96. The molecule has 0 aliphatic carbocycles. The summed E-state index contributed by atoms with van der Waals surface area (Å²) in [5, 5.41) is 6.16. The van der Waals surface area contributed by atoms with Crippen LogP contribution in [-0.4, -0.2) is 49.1 Å². The molecule has 130 valence electrons. The van der Waals surface area contributed by atoms with Gasteiger partial charge in [-0.25, -0.2) is 4.79 Å². The SMILES string of the molecule is COc1ccc(CCCCN2C(=O)NC3(CCNCC3)C2=O)cc1. The molecule has 0 atom stereocenters. The van der Waals surface area contributed by atoms with E-state index in [1.54, 1.807) is 7.11 Å². The minimum Gasteiger partial charge on any atom is -0.497 e. The number of hydrogen-bond donors (Lipinski definition) is 2. The van der Waals surface area contributed by atoms with Gasteiger partial charge in [-0.3, -0.25) is 9.69 Å². The lowest BCUT2D eigenvalue weighted by molar-refractivity contribution is -0.132. The smallest absolute Gasteiger partial charge is 0.325 e. The Kier molecular flexibility index (Phi) is 5.04. The van der Waals surface area contributed by atoms with Gasteiger partial charge in [0.25, 0.3) is 5.91 Å². The Bertz CT molecular complexity index is 594. The molecule has 0 aromatic heterocycles. The molecular weight excluding hydrogens is 306 g/mol. The number of piperidine rings is 1. The first-order chi connectivity index (χ1) is 11.6. The number of ether oxygens (including phenoxy) is 1. The van der Waals surface area contributed by atoms with E-state index < -0.39 is 5.54 Å². The molecule has 2 aliphatic heterocycles. The van der Waals surface area contributed by atoms with Gasteiger partial charge in [0, 0.05) is 6.54 Å². The van der Waals surface area contributed by atoms with Crippen LogP contribution in [0.3, 0.4) is 0 Å². The molecule has 1 spiro atoms. The van der Waals surface area contributed by atoms with Crippen molar-refractivity contribution in [2.24, 2.45) is 0 Å². The third kappa shape index (κ3) is 3.38. The van der Waals surface area contributed by atoms with Crippen molar-refractivity contribution in [1.82, 2.24) is 15.5 Å². The molecular formula is C18H25N3O3. The van der Waals surface area contributed by atoms with Crippen molar-refractivity contribution in [3.8, 4) is 5.75 Å². The molecule has 6 nitrogen and oxygen atoms in total. The number of nitrogens with zero attached hydrogens (tertiary/aromatic N) is 1. The monoisotopic (exact) mass is 331 g/mol. The lowest BCUT2D eigenvalue weighted by Crippen LogP contribution is -2.53. The average molecular weight is 331 g/mol. The van der Waals surface area contributed by atoms with Gasteiger partial charge in [0.05, 0.1) is 7.11 Å². The molecule has 1 aromatic carbocycles. The Balaban J connectivity index is 1.47. The Morgan fingerprint density at radius 2 is 1.83 bits per heavy atom. The van der Waals surface area contributed by atoms with Crippen LogP contribution in [0.4, 0.5) is 4.79 Å². The minimum absolute atomic E-state index is 0.0431. The maximum Gasteiger partial charge on any atom is 0.325 e. The van der Waals surface area contributed by atoms with Gasteiger partial charge in [-0.1, -0.05) is 12.1 Å². The number of carbonyl (C=O) groups is 2. The molecule has 6 heteroatoms. The van der Waals surface area contributed by atoms with E-state index in [1.807, 2.05) is 12.1 Å². The second kappa shape index (κ2) is 7.21. The summed E-state index contributed by atoms with van der Waals surface area (Å²) in [4.78, 5) is 26.2. The van der Waals surface area contributed by atoms with Gasteiger partial charge in [0.1, 0.15) is 11.3 Å². The van der Waals surface area contributed by atoms with Crippen LogP contribution in [-0.2, 0) is 11.2 Å². The summed E-state index contributed by atoms with van der Waals surface area (Å²) in [6.45, 7) is 2.05. The first kappa shape index (κ1) is 16.8. The molecule has 24 heavy (non-hydrogen) atoms. The number of imide groups is 1. The van der Waals surface area contributed by atoms with Crippen LogP contribution in [0.5, 0.6) is 5.75 Å². The summed E-state index contributed by atoms with van der Waals surface area (Å²) in [7, 11) is 1.66. The summed E-state index contributed by atoms with van der Waals surface area (Å²) in [5.74, 6) is 0.809. The van der Waals surface area contributed by atoms with Gasteiger partial charge < -0.3 is 15.4 Å². The zero-order valence-corrected chi connectivity index (χ0v) is 14.1. The Morgan fingerprint density at radius 3 is 2.50 bits per heavy atom. The van der Waals surface area contributed by atoms with Crippen molar-refractivity contribution in [2.45, 2.75) is 37.6 Å². The molecule has 0 radical (unpaired) electrons. The number of carbonyl (C=O) groups excluding carboxylic acids is 2. The highest BCUT2D eigenvalue weighted by atomic mass is 16.5. The zero-order valence-electron chi connectivity index (χ0n) is 14.1. The van der Waals surface area contributed by atoms with E-state index >= 15 is 0 Å². The number of urea groups is 1. The molecule has 0 saturated carbocycles. The molecule has 2 fully saturated rings. The number of aryl methyl sites for hydroxylation is 1. The van der Waals surface area contributed by atoms with Crippen molar-refractivity contribution in [3.63, 3.8) is 0 Å². The average Bonchev–Trinajstić information content (AvgIpc) is 2.83. The maximum absolute atomic E-state index is 12.6. The van der Waals surface area contributed by atoms with Gasteiger partial charge in [-0.2, -0.15) is 0 Å². The van der Waals surface area contributed by atoms with E-state index in [9.17, 15) is 9.59 Å².